The van der Waals surface area contributed by atoms with Gasteiger partial charge >= 0.3 is 5.97 Å². The fourth-order valence-corrected chi connectivity index (χ4v) is 3.52. The van der Waals surface area contributed by atoms with Crippen LogP contribution in [0.25, 0.3) is 0 Å². The predicted molar refractivity (Wildman–Crippen MR) is 92.3 cm³/mol. The number of rotatable bonds is 6. The Bertz CT molecular complexity index is 865. The van der Waals surface area contributed by atoms with E-state index in [0.29, 0.717) is 22.8 Å². The summed E-state index contributed by atoms with van der Waals surface area (Å²) in [5.74, 6) is 1.77. The molecule has 0 saturated heterocycles. The highest BCUT2D eigenvalue weighted by Crippen LogP contribution is 2.29. The van der Waals surface area contributed by atoms with E-state index in [0.717, 1.165) is 21.9 Å². The molecule has 0 amide bonds. The Hall–Kier alpha value is -2.54. The van der Waals surface area contributed by atoms with Crippen LogP contribution in [0, 0.1) is 20.8 Å². The first kappa shape index (κ1) is 17.3. The number of benzene rings is 1. The molecule has 0 aliphatic carbocycles. The standard InChI is InChI=1S/C18H18N2O4S/c1-11-8-14(20-23-11)9-22-18(21)15-6-4-5-7-17(15)25-10-16-12(2)19-24-13(16)3/h4-8H,9-10H2,1-3H3. The molecule has 25 heavy (non-hydrogen) atoms. The predicted octanol–water partition coefficient (Wildman–Crippen LogP) is 4.24. The molecule has 2 heterocycles. The number of ether oxygens (including phenoxy) is 1. The van der Waals surface area contributed by atoms with Crippen molar-refractivity contribution in [2.75, 3.05) is 0 Å². The summed E-state index contributed by atoms with van der Waals surface area (Å²) in [5.41, 5.74) is 3.03. The number of carbonyl (C=O) groups excluding carboxylic acids is 1. The van der Waals surface area contributed by atoms with E-state index in [9.17, 15) is 4.79 Å². The molecule has 3 aromatic rings. The van der Waals surface area contributed by atoms with Gasteiger partial charge in [-0.3, -0.25) is 0 Å². The summed E-state index contributed by atoms with van der Waals surface area (Å²) in [7, 11) is 0. The number of aryl methyl sites for hydroxylation is 3. The first-order valence-corrected chi connectivity index (χ1v) is 8.76. The van der Waals surface area contributed by atoms with E-state index in [4.69, 9.17) is 13.8 Å². The second-order valence-corrected chi connectivity index (χ2v) is 6.61. The van der Waals surface area contributed by atoms with Gasteiger partial charge in [-0.05, 0) is 32.9 Å². The molecule has 2 aromatic heterocycles. The topological polar surface area (TPSA) is 78.4 Å². The number of carbonyl (C=O) groups is 1. The van der Waals surface area contributed by atoms with Gasteiger partial charge in [0.05, 0.1) is 11.3 Å². The molecule has 0 spiro atoms. The Morgan fingerprint density at radius 2 is 1.96 bits per heavy atom. The molecule has 0 fully saturated rings. The molecule has 0 bridgehead atoms. The van der Waals surface area contributed by atoms with Crippen molar-refractivity contribution in [1.29, 1.82) is 0 Å². The van der Waals surface area contributed by atoms with Gasteiger partial charge in [-0.2, -0.15) is 0 Å². The highest BCUT2D eigenvalue weighted by molar-refractivity contribution is 7.98. The van der Waals surface area contributed by atoms with E-state index in [-0.39, 0.29) is 12.6 Å². The zero-order valence-corrected chi connectivity index (χ0v) is 15.1. The molecular weight excluding hydrogens is 340 g/mol. The van der Waals surface area contributed by atoms with Gasteiger partial charge in [0.1, 0.15) is 23.8 Å². The van der Waals surface area contributed by atoms with Gasteiger partial charge < -0.3 is 13.8 Å². The normalized spacial score (nSPS) is 10.8. The van der Waals surface area contributed by atoms with Crippen molar-refractivity contribution in [2.45, 2.75) is 38.0 Å². The van der Waals surface area contributed by atoms with Crippen LogP contribution >= 0.6 is 11.8 Å². The van der Waals surface area contributed by atoms with Gasteiger partial charge in [0.2, 0.25) is 0 Å². The number of esters is 1. The SMILES string of the molecule is Cc1cc(COC(=O)c2ccccc2SCc2c(C)noc2C)no1. The maximum atomic E-state index is 12.4. The number of aromatic nitrogens is 2. The lowest BCUT2D eigenvalue weighted by atomic mass is 10.2. The lowest BCUT2D eigenvalue weighted by Gasteiger charge is -2.08. The van der Waals surface area contributed by atoms with Crippen molar-refractivity contribution in [3.63, 3.8) is 0 Å². The van der Waals surface area contributed by atoms with E-state index < -0.39 is 0 Å². The molecule has 0 N–H and O–H groups in total. The van der Waals surface area contributed by atoms with E-state index in [1.807, 2.05) is 32.0 Å². The summed E-state index contributed by atoms with van der Waals surface area (Å²) >= 11 is 1.55. The molecular formula is C18H18N2O4S. The summed E-state index contributed by atoms with van der Waals surface area (Å²) in [4.78, 5) is 13.3. The quantitative estimate of drug-likeness (QED) is 0.482. The van der Waals surface area contributed by atoms with Gasteiger partial charge in [0, 0.05) is 22.3 Å². The van der Waals surface area contributed by atoms with E-state index >= 15 is 0 Å². The molecule has 3 rings (SSSR count). The molecule has 130 valence electrons. The fraction of sp³-hybridized carbons (Fsp3) is 0.278. The summed E-state index contributed by atoms with van der Waals surface area (Å²) in [6.07, 6.45) is 0. The Morgan fingerprint density at radius 1 is 1.16 bits per heavy atom. The Balaban J connectivity index is 1.68. The highest BCUT2D eigenvalue weighted by atomic mass is 32.2. The van der Waals surface area contributed by atoms with Gasteiger partial charge in [0.25, 0.3) is 0 Å². The molecule has 0 saturated carbocycles. The van der Waals surface area contributed by atoms with Crippen molar-refractivity contribution < 1.29 is 18.6 Å². The fourth-order valence-electron chi connectivity index (χ4n) is 2.32. The number of nitrogens with zero attached hydrogens (tertiary/aromatic N) is 2. The van der Waals surface area contributed by atoms with Gasteiger partial charge in [-0.25, -0.2) is 4.79 Å². The van der Waals surface area contributed by atoms with Crippen LogP contribution in [-0.2, 0) is 17.1 Å². The molecule has 0 atom stereocenters. The maximum Gasteiger partial charge on any atom is 0.339 e. The summed E-state index contributed by atoms with van der Waals surface area (Å²) in [6.45, 7) is 5.67. The van der Waals surface area contributed by atoms with Crippen molar-refractivity contribution in [1.82, 2.24) is 10.3 Å². The second kappa shape index (κ2) is 7.57. The first-order valence-electron chi connectivity index (χ1n) is 7.77. The first-order chi connectivity index (χ1) is 12.0. The lowest BCUT2D eigenvalue weighted by molar-refractivity contribution is 0.0460. The second-order valence-electron chi connectivity index (χ2n) is 5.59. The molecule has 7 heteroatoms. The van der Waals surface area contributed by atoms with Crippen LogP contribution in [0.5, 0.6) is 0 Å². The minimum atomic E-state index is -0.387. The van der Waals surface area contributed by atoms with E-state index in [2.05, 4.69) is 10.3 Å². The average molecular weight is 358 g/mol. The van der Waals surface area contributed by atoms with Crippen LogP contribution in [0.2, 0.25) is 0 Å². The summed E-state index contributed by atoms with van der Waals surface area (Å²) in [6, 6.07) is 9.11. The Labute approximate surface area is 149 Å². The van der Waals surface area contributed by atoms with Crippen LogP contribution in [0.3, 0.4) is 0 Å². The Morgan fingerprint density at radius 3 is 2.64 bits per heavy atom. The smallest absolute Gasteiger partial charge is 0.339 e. The van der Waals surface area contributed by atoms with Crippen molar-refractivity contribution in [2.24, 2.45) is 0 Å². The number of hydrogen-bond donors (Lipinski definition) is 0. The van der Waals surface area contributed by atoms with Gasteiger partial charge in [-0.15, -0.1) is 11.8 Å². The van der Waals surface area contributed by atoms with Crippen LogP contribution in [0.15, 0.2) is 44.3 Å². The average Bonchev–Trinajstić information content (AvgIpc) is 3.17. The van der Waals surface area contributed by atoms with Crippen molar-refractivity contribution in [3.8, 4) is 0 Å². The third-order valence-corrected chi connectivity index (χ3v) is 4.79. The van der Waals surface area contributed by atoms with Crippen LogP contribution in [-0.4, -0.2) is 16.3 Å². The maximum absolute atomic E-state index is 12.4. The lowest BCUT2D eigenvalue weighted by Crippen LogP contribution is -2.07. The Kier molecular flexibility index (Phi) is 5.23. The van der Waals surface area contributed by atoms with Gasteiger partial charge in [-0.1, -0.05) is 22.4 Å². The molecule has 0 unspecified atom stereocenters. The number of thioether (sulfide) groups is 1. The molecule has 6 nitrogen and oxygen atoms in total. The molecule has 1 aromatic carbocycles. The third-order valence-electron chi connectivity index (χ3n) is 3.69. The van der Waals surface area contributed by atoms with Crippen LogP contribution < -0.4 is 0 Å². The summed E-state index contributed by atoms with van der Waals surface area (Å²) < 4.78 is 15.5. The number of hydrogen-bond acceptors (Lipinski definition) is 7. The monoisotopic (exact) mass is 358 g/mol. The largest absolute Gasteiger partial charge is 0.455 e. The van der Waals surface area contributed by atoms with Crippen LogP contribution in [0.1, 0.15) is 38.8 Å². The summed E-state index contributed by atoms with van der Waals surface area (Å²) in [5, 5.41) is 7.77. The minimum Gasteiger partial charge on any atom is -0.455 e. The van der Waals surface area contributed by atoms with E-state index in [1.54, 1.807) is 30.8 Å². The molecule has 0 aliphatic heterocycles. The molecule has 0 radical (unpaired) electrons. The van der Waals surface area contributed by atoms with Crippen molar-refractivity contribution >= 4 is 17.7 Å². The van der Waals surface area contributed by atoms with E-state index in [1.165, 1.54) is 0 Å². The van der Waals surface area contributed by atoms with Gasteiger partial charge in [0.15, 0.2) is 0 Å². The molecule has 0 aliphatic rings. The zero-order valence-electron chi connectivity index (χ0n) is 14.2. The minimum absolute atomic E-state index is 0.0824. The highest BCUT2D eigenvalue weighted by Gasteiger charge is 2.16. The van der Waals surface area contributed by atoms with Crippen molar-refractivity contribution in [3.05, 3.63) is 64.4 Å². The van der Waals surface area contributed by atoms with Crippen LogP contribution in [0.4, 0.5) is 0 Å². The zero-order chi connectivity index (χ0) is 17.8. The third kappa shape index (κ3) is 4.11.